The largest absolute Gasteiger partial charge is 0.399 e. The molecular formula is C13H17N3O2S. The van der Waals surface area contributed by atoms with Gasteiger partial charge in [-0.15, -0.1) is 0 Å². The van der Waals surface area contributed by atoms with Gasteiger partial charge in [-0.1, -0.05) is 11.3 Å². The number of fused-ring (bicyclic) bond motifs is 1. The minimum Gasteiger partial charge on any atom is -0.399 e. The van der Waals surface area contributed by atoms with Gasteiger partial charge in [-0.2, -0.15) is 0 Å². The molecule has 0 aliphatic carbocycles. The summed E-state index contributed by atoms with van der Waals surface area (Å²) in [5.41, 5.74) is 7.26. The van der Waals surface area contributed by atoms with E-state index in [0.717, 1.165) is 16.6 Å². The molecular weight excluding hydrogens is 262 g/mol. The van der Waals surface area contributed by atoms with Crippen molar-refractivity contribution in [3.63, 3.8) is 0 Å². The van der Waals surface area contributed by atoms with Crippen LogP contribution in [0.25, 0.3) is 10.2 Å². The molecule has 0 aliphatic heterocycles. The van der Waals surface area contributed by atoms with E-state index in [9.17, 15) is 4.79 Å². The van der Waals surface area contributed by atoms with E-state index < -0.39 is 0 Å². The summed E-state index contributed by atoms with van der Waals surface area (Å²) >= 11 is 1.43. The van der Waals surface area contributed by atoms with E-state index in [0.29, 0.717) is 30.5 Å². The Labute approximate surface area is 115 Å². The number of nitrogens with one attached hydrogen (secondary N) is 1. The molecule has 0 fully saturated rings. The van der Waals surface area contributed by atoms with Crippen LogP contribution in [0, 0.1) is 0 Å². The summed E-state index contributed by atoms with van der Waals surface area (Å²) in [4.78, 5) is 16.0. The molecule has 0 spiro atoms. The third kappa shape index (κ3) is 3.90. The summed E-state index contributed by atoms with van der Waals surface area (Å²) in [6, 6.07) is 5.51. The molecule has 1 aromatic heterocycles. The number of ether oxygens (including phenoxy) is 1. The third-order valence-electron chi connectivity index (χ3n) is 2.56. The van der Waals surface area contributed by atoms with Gasteiger partial charge in [-0.3, -0.25) is 4.79 Å². The van der Waals surface area contributed by atoms with Crippen molar-refractivity contribution in [1.82, 2.24) is 4.98 Å². The number of carbonyl (C=O) groups excluding carboxylic acids is 1. The highest BCUT2D eigenvalue weighted by Crippen LogP contribution is 2.27. The normalized spacial score (nSPS) is 10.8. The lowest BCUT2D eigenvalue weighted by Crippen LogP contribution is -2.11. The van der Waals surface area contributed by atoms with Crippen molar-refractivity contribution in [3.8, 4) is 0 Å². The van der Waals surface area contributed by atoms with E-state index in [1.165, 1.54) is 11.3 Å². The van der Waals surface area contributed by atoms with Crippen molar-refractivity contribution >= 4 is 38.3 Å². The fourth-order valence-corrected chi connectivity index (χ4v) is 2.59. The minimum atomic E-state index is -0.0354. The molecule has 19 heavy (non-hydrogen) atoms. The van der Waals surface area contributed by atoms with Crippen molar-refractivity contribution in [3.05, 3.63) is 18.2 Å². The number of hydrogen-bond donors (Lipinski definition) is 2. The van der Waals surface area contributed by atoms with Crippen molar-refractivity contribution in [2.45, 2.75) is 19.8 Å². The van der Waals surface area contributed by atoms with Gasteiger partial charge in [-0.25, -0.2) is 4.98 Å². The van der Waals surface area contributed by atoms with E-state index in [2.05, 4.69) is 10.3 Å². The topological polar surface area (TPSA) is 77.2 Å². The highest BCUT2D eigenvalue weighted by Gasteiger charge is 2.07. The van der Waals surface area contributed by atoms with Crippen molar-refractivity contribution in [2.24, 2.45) is 0 Å². The molecule has 0 atom stereocenters. The van der Waals surface area contributed by atoms with Crippen molar-refractivity contribution in [1.29, 1.82) is 0 Å². The van der Waals surface area contributed by atoms with E-state index in [-0.39, 0.29) is 5.91 Å². The van der Waals surface area contributed by atoms with Crippen LogP contribution in [0.5, 0.6) is 0 Å². The van der Waals surface area contributed by atoms with Crippen LogP contribution in [0.15, 0.2) is 18.2 Å². The van der Waals surface area contributed by atoms with Gasteiger partial charge in [0.2, 0.25) is 5.91 Å². The predicted molar refractivity (Wildman–Crippen MR) is 78.4 cm³/mol. The van der Waals surface area contributed by atoms with Gasteiger partial charge < -0.3 is 15.8 Å². The molecule has 0 aliphatic rings. The zero-order valence-corrected chi connectivity index (χ0v) is 11.6. The van der Waals surface area contributed by atoms with Gasteiger partial charge in [0.25, 0.3) is 0 Å². The van der Waals surface area contributed by atoms with Crippen LogP contribution >= 0.6 is 11.3 Å². The number of amides is 1. The number of hydrogen-bond acceptors (Lipinski definition) is 5. The Kier molecular flexibility index (Phi) is 4.70. The Morgan fingerprint density at radius 2 is 2.37 bits per heavy atom. The number of nitrogens with two attached hydrogens (primary N) is 1. The summed E-state index contributed by atoms with van der Waals surface area (Å²) in [6.07, 6.45) is 1.16. The Morgan fingerprint density at radius 3 is 3.16 bits per heavy atom. The lowest BCUT2D eigenvalue weighted by Gasteiger charge is -2.01. The molecule has 6 heteroatoms. The SMILES string of the molecule is CCOCCCC(=O)Nc1nc2ccc(N)cc2s1. The summed E-state index contributed by atoms with van der Waals surface area (Å²) in [5, 5.41) is 3.41. The van der Waals surface area contributed by atoms with Crippen LogP contribution in [0.2, 0.25) is 0 Å². The maximum Gasteiger partial charge on any atom is 0.226 e. The van der Waals surface area contributed by atoms with Gasteiger partial charge in [0.05, 0.1) is 10.2 Å². The molecule has 1 amide bonds. The van der Waals surface area contributed by atoms with Crippen LogP contribution in [0.1, 0.15) is 19.8 Å². The first kappa shape index (κ1) is 13.8. The standard InChI is InChI=1S/C13H17N3O2S/c1-2-18-7-3-4-12(17)16-13-15-10-6-5-9(14)8-11(10)19-13/h5-6,8H,2-4,7,14H2,1H3,(H,15,16,17). The van der Waals surface area contributed by atoms with Crippen molar-refractivity contribution in [2.75, 3.05) is 24.3 Å². The number of thiazole rings is 1. The average Bonchev–Trinajstić information content (AvgIpc) is 2.76. The van der Waals surface area contributed by atoms with Crippen LogP contribution < -0.4 is 11.1 Å². The minimum absolute atomic E-state index is 0.0354. The second-order valence-corrected chi connectivity index (χ2v) is 5.13. The van der Waals surface area contributed by atoms with Crippen LogP contribution in [-0.4, -0.2) is 24.1 Å². The first-order valence-corrected chi connectivity index (χ1v) is 7.04. The molecule has 3 N–H and O–H groups in total. The Bertz CT molecular complexity index is 568. The second kappa shape index (κ2) is 6.49. The molecule has 1 heterocycles. The van der Waals surface area contributed by atoms with Gasteiger partial charge in [0, 0.05) is 25.3 Å². The molecule has 0 saturated heterocycles. The van der Waals surface area contributed by atoms with Crippen LogP contribution in [0.4, 0.5) is 10.8 Å². The maximum atomic E-state index is 11.7. The molecule has 102 valence electrons. The van der Waals surface area contributed by atoms with Crippen LogP contribution in [0.3, 0.4) is 0 Å². The number of anilines is 2. The van der Waals surface area contributed by atoms with Gasteiger partial charge in [-0.05, 0) is 31.5 Å². The van der Waals surface area contributed by atoms with E-state index in [4.69, 9.17) is 10.5 Å². The molecule has 0 saturated carbocycles. The van der Waals surface area contributed by atoms with E-state index in [1.54, 1.807) is 6.07 Å². The maximum absolute atomic E-state index is 11.7. The van der Waals surface area contributed by atoms with E-state index in [1.807, 2.05) is 19.1 Å². The number of nitrogen functional groups attached to an aromatic ring is 1. The molecule has 2 aromatic rings. The average molecular weight is 279 g/mol. The van der Waals surface area contributed by atoms with Crippen molar-refractivity contribution < 1.29 is 9.53 Å². The Balaban J connectivity index is 1.91. The smallest absolute Gasteiger partial charge is 0.226 e. The number of aromatic nitrogens is 1. The number of benzene rings is 1. The van der Waals surface area contributed by atoms with Gasteiger partial charge in [0.15, 0.2) is 5.13 Å². The molecule has 0 bridgehead atoms. The fraction of sp³-hybridized carbons (Fsp3) is 0.385. The lowest BCUT2D eigenvalue weighted by molar-refractivity contribution is -0.116. The number of carbonyl (C=O) groups is 1. The zero-order valence-electron chi connectivity index (χ0n) is 10.8. The fourth-order valence-electron chi connectivity index (χ4n) is 1.66. The lowest BCUT2D eigenvalue weighted by atomic mass is 10.3. The highest BCUT2D eigenvalue weighted by atomic mass is 32.1. The molecule has 0 radical (unpaired) electrons. The number of rotatable bonds is 6. The quantitative estimate of drug-likeness (QED) is 0.629. The van der Waals surface area contributed by atoms with Gasteiger partial charge >= 0.3 is 0 Å². The third-order valence-corrected chi connectivity index (χ3v) is 3.49. The first-order valence-electron chi connectivity index (χ1n) is 6.22. The molecule has 0 unspecified atom stereocenters. The summed E-state index contributed by atoms with van der Waals surface area (Å²) in [7, 11) is 0. The monoisotopic (exact) mass is 279 g/mol. The summed E-state index contributed by atoms with van der Waals surface area (Å²) < 4.78 is 6.16. The van der Waals surface area contributed by atoms with E-state index >= 15 is 0 Å². The molecule has 2 rings (SSSR count). The highest BCUT2D eigenvalue weighted by molar-refractivity contribution is 7.22. The summed E-state index contributed by atoms with van der Waals surface area (Å²) in [6.45, 7) is 3.23. The number of nitrogens with zero attached hydrogens (tertiary/aromatic N) is 1. The first-order chi connectivity index (χ1) is 9.19. The molecule has 5 nitrogen and oxygen atoms in total. The van der Waals surface area contributed by atoms with Gasteiger partial charge in [0.1, 0.15) is 0 Å². The van der Waals surface area contributed by atoms with Crippen LogP contribution in [-0.2, 0) is 9.53 Å². The Hall–Kier alpha value is -1.66. The summed E-state index contributed by atoms with van der Waals surface area (Å²) in [5.74, 6) is -0.0354. The Morgan fingerprint density at radius 1 is 1.53 bits per heavy atom. The zero-order chi connectivity index (χ0) is 13.7. The second-order valence-electron chi connectivity index (χ2n) is 4.09. The molecule has 1 aromatic carbocycles. The predicted octanol–water partition coefficient (Wildman–Crippen LogP) is 2.63.